The predicted octanol–water partition coefficient (Wildman–Crippen LogP) is 4.79. The molecular formula is C15H31N. The van der Waals surface area contributed by atoms with Crippen molar-refractivity contribution in [1.82, 2.24) is 0 Å². The van der Waals surface area contributed by atoms with Gasteiger partial charge >= 0.3 is 0 Å². The summed E-state index contributed by atoms with van der Waals surface area (Å²) >= 11 is 0. The van der Waals surface area contributed by atoms with Crippen molar-refractivity contribution in [2.24, 2.45) is 5.73 Å². The van der Waals surface area contributed by atoms with Crippen LogP contribution in [0, 0.1) is 0 Å². The van der Waals surface area contributed by atoms with Gasteiger partial charge in [0.15, 0.2) is 0 Å². The van der Waals surface area contributed by atoms with Crippen molar-refractivity contribution in [3.63, 3.8) is 0 Å². The number of unbranched alkanes of at least 4 members (excludes halogenated alkanes) is 6. The minimum Gasteiger partial charge on any atom is -0.325 e. The molecule has 1 fully saturated rings. The van der Waals surface area contributed by atoms with E-state index in [1.807, 2.05) is 0 Å². The second-order valence-corrected chi connectivity index (χ2v) is 5.79. The molecule has 96 valence electrons. The van der Waals surface area contributed by atoms with Crippen LogP contribution in [0.25, 0.3) is 0 Å². The lowest BCUT2D eigenvalue weighted by molar-refractivity contribution is 0.269. The van der Waals surface area contributed by atoms with Gasteiger partial charge in [-0.15, -0.1) is 0 Å². The number of rotatable bonds is 8. The van der Waals surface area contributed by atoms with Crippen molar-refractivity contribution in [3.8, 4) is 0 Å². The molecule has 0 unspecified atom stereocenters. The molecule has 16 heavy (non-hydrogen) atoms. The van der Waals surface area contributed by atoms with Gasteiger partial charge < -0.3 is 5.73 Å². The Labute approximate surface area is 102 Å². The Morgan fingerprint density at radius 2 is 1.38 bits per heavy atom. The summed E-state index contributed by atoms with van der Waals surface area (Å²) in [5.41, 5.74) is 6.65. The highest BCUT2D eigenvalue weighted by atomic mass is 14.7. The zero-order chi connectivity index (χ0) is 11.7. The van der Waals surface area contributed by atoms with Crippen LogP contribution in [0.2, 0.25) is 0 Å². The van der Waals surface area contributed by atoms with E-state index < -0.39 is 0 Å². The van der Waals surface area contributed by atoms with Crippen LogP contribution in [0.15, 0.2) is 0 Å². The van der Waals surface area contributed by atoms with Gasteiger partial charge in [0.1, 0.15) is 0 Å². The predicted molar refractivity (Wildman–Crippen MR) is 72.6 cm³/mol. The first kappa shape index (κ1) is 14.0. The standard InChI is InChI=1S/C15H31N/c1-2-3-4-5-6-7-9-12-15(16)13-10-8-11-14-15/h2-14,16H2,1H3. The highest BCUT2D eigenvalue weighted by molar-refractivity contribution is 4.86. The molecule has 2 N–H and O–H groups in total. The average Bonchev–Trinajstić information content (AvgIpc) is 2.29. The van der Waals surface area contributed by atoms with Gasteiger partial charge in [0.2, 0.25) is 0 Å². The summed E-state index contributed by atoms with van der Waals surface area (Å²) in [4.78, 5) is 0. The second kappa shape index (κ2) is 8.11. The summed E-state index contributed by atoms with van der Waals surface area (Å²) in [5, 5.41) is 0. The zero-order valence-corrected chi connectivity index (χ0v) is 11.3. The van der Waals surface area contributed by atoms with Crippen molar-refractivity contribution in [1.29, 1.82) is 0 Å². The van der Waals surface area contributed by atoms with E-state index in [-0.39, 0.29) is 5.54 Å². The van der Waals surface area contributed by atoms with Gasteiger partial charge in [0, 0.05) is 5.54 Å². The molecule has 0 radical (unpaired) electrons. The SMILES string of the molecule is CCCCCCCCCC1(N)CCCCC1. The van der Waals surface area contributed by atoms with Crippen molar-refractivity contribution in [2.75, 3.05) is 0 Å². The highest BCUT2D eigenvalue weighted by Crippen LogP contribution is 2.30. The third-order valence-corrected chi connectivity index (χ3v) is 4.13. The van der Waals surface area contributed by atoms with Crippen LogP contribution in [-0.4, -0.2) is 5.54 Å². The minimum absolute atomic E-state index is 0.224. The molecule has 0 amide bonds. The Balaban J connectivity index is 1.93. The molecule has 1 aliphatic rings. The van der Waals surface area contributed by atoms with Gasteiger partial charge in [-0.05, 0) is 19.3 Å². The van der Waals surface area contributed by atoms with Crippen LogP contribution in [0.3, 0.4) is 0 Å². The van der Waals surface area contributed by atoms with Crippen LogP contribution in [0.4, 0.5) is 0 Å². The first-order valence-corrected chi connectivity index (χ1v) is 7.56. The van der Waals surface area contributed by atoms with Gasteiger partial charge in [-0.3, -0.25) is 0 Å². The van der Waals surface area contributed by atoms with Crippen molar-refractivity contribution < 1.29 is 0 Å². The van der Waals surface area contributed by atoms with Gasteiger partial charge in [0.05, 0.1) is 0 Å². The van der Waals surface area contributed by atoms with E-state index in [4.69, 9.17) is 5.73 Å². The van der Waals surface area contributed by atoms with Crippen LogP contribution < -0.4 is 5.73 Å². The average molecular weight is 225 g/mol. The maximum Gasteiger partial charge on any atom is 0.0154 e. The van der Waals surface area contributed by atoms with Crippen LogP contribution in [0.1, 0.15) is 90.4 Å². The van der Waals surface area contributed by atoms with E-state index in [1.165, 1.54) is 83.5 Å². The Morgan fingerprint density at radius 1 is 0.812 bits per heavy atom. The molecule has 1 saturated carbocycles. The summed E-state index contributed by atoms with van der Waals surface area (Å²) in [7, 11) is 0. The molecule has 0 aromatic rings. The van der Waals surface area contributed by atoms with E-state index in [0.717, 1.165) is 0 Å². The molecule has 1 heteroatoms. The molecular weight excluding hydrogens is 194 g/mol. The normalized spacial score (nSPS) is 19.9. The van der Waals surface area contributed by atoms with Crippen molar-refractivity contribution in [3.05, 3.63) is 0 Å². The number of hydrogen-bond donors (Lipinski definition) is 1. The summed E-state index contributed by atoms with van der Waals surface area (Å²) < 4.78 is 0. The Kier molecular flexibility index (Phi) is 7.11. The van der Waals surface area contributed by atoms with Crippen LogP contribution in [0.5, 0.6) is 0 Å². The molecule has 1 rings (SSSR count). The maximum atomic E-state index is 6.42. The van der Waals surface area contributed by atoms with Crippen molar-refractivity contribution in [2.45, 2.75) is 95.9 Å². The topological polar surface area (TPSA) is 26.0 Å². The summed E-state index contributed by atoms with van der Waals surface area (Å²) in [6.45, 7) is 2.28. The molecule has 0 spiro atoms. The van der Waals surface area contributed by atoms with Crippen molar-refractivity contribution >= 4 is 0 Å². The van der Waals surface area contributed by atoms with E-state index in [2.05, 4.69) is 6.92 Å². The lowest BCUT2D eigenvalue weighted by Gasteiger charge is -2.33. The van der Waals surface area contributed by atoms with Crippen LogP contribution >= 0.6 is 0 Å². The first-order valence-electron chi connectivity index (χ1n) is 7.56. The second-order valence-electron chi connectivity index (χ2n) is 5.79. The van der Waals surface area contributed by atoms with Gasteiger partial charge in [0.25, 0.3) is 0 Å². The fraction of sp³-hybridized carbons (Fsp3) is 1.00. The Hall–Kier alpha value is -0.0400. The van der Waals surface area contributed by atoms with Gasteiger partial charge in [-0.1, -0.05) is 71.1 Å². The molecule has 0 aromatic carbocycles. The van der Waals surface area contributed by atoms with E-state index in [9.17, 15) is 0 Å². The summed E-state index contributed by atoms with van der Waals surface area (Å²) in [5.74, 6) is 0. The molecule has 0 atom stereocenters. The minimum atomic E-state index is 0.224. The molecule has 0 heterocycles. The zero-order valence-electron chi connectivity index (χ0n) is 11.3. The van der Waals surface area contributed by atoms with Crippen LogP contribution in [-0.2, 0) is 0 Å². The molecule has 0 aromatic heterocycles. The molecule has 1 aliphatic carbocycles. The van der Waals surface area contributed by atoms with E-state index >= 15 is 0 Å². The maximum absolute atomic E-state index is 6.42. The third-order valence-electron chi connectivity index (χ3n) is 4.13. The van der Waals surface area contributed by atoms with Gasteiger partial charge in [-0.2, -0.15) is 0 Å². The third kappa shape index (κ3) is 5.89. The fourth-order valence-electron chi connectivity index (χ4n) is 2.94. The summed E-state index contributed by atoms with van der Waals surface area (Å²) in [6.07, 6.45) is 17.8. The molecule has 1 nitrogen and oxygen atoms in total. The fourth-order valence-corrected chi connectivity index (χ4v) is 2.94. The monoisotopic (exact) mass is 225 g/mol. The Morgan fingerprint density at radius 3 is 2.00 bits per heavy atom. The highest BCUT2D eigenvalue weighted by Gasteiger charge is 2.26. The lowest BCUT2D eigenvalue weighted by atomic mass is 9.79. The van der Waals surface area contributed by atoms with E-state index in [1.54, 1.807) is 0 Å². The molecule has 0 saturated heterocycles. The number of hydrogen-bond acceptors (Lipinski definition) is 1. The lowest BCUT2D eigenvalue weighted by Crippen LogP contribution is -2.41. The largest absolute Gasteiger partial charge is 0.325 e. The Bertz CT molecular complexity index is 159. The molecule has 0 aliphatic heterocycles. The smallest absolute Gasteiger partial charge is 0.0154 e. The number of nitrogens with two attached hydrogens (primary N) is 1. The first-order chi connectivity index (χ1) is 7.77. The molecule has 0 bridgehead atoms. The quantitative estimate of drug-likeness (QED) is 0.591. The van der Waals surface area contributed by atoms with Gasteiger partial charge in [-0.25, -0.2) is 0 Å². The van der Waals surface area contributed by atoms with E-state index in [0.29, 0.717) is 0 Å². The summed E-state index contributed by atoms with van der Waals surface area (Å²) in [6, 6.07) is 0.